The third kappa shape index (κ3) is 3.87. The molecule has 6 heteroatoms. The largest absolute Gasteiger partial charge is 0.359 e. The van der Waals surface area contributed by atoms with E-state index in [1.165, 1.54) is 43.4 Å². The van der Waals surface area contributed by atoms with Gasteiger partial charge in [-0.05, 0) is 25.0 Å². The SMILES string of the molecule is O=S(=O)(Cc1csc(NC2CCCCC2)n1)c1ccccc1. The van der Waals surface area contributed by atoms with Gasteiger partial charge in [0.1, 0.15) is 0 Å². The molecule has 22 heavy (non-hydrogen) atoms. The van der Waals surface area contributed by atoms with E-state index in [0.29, 0.717) is 16.6 Å². The van der Waals surface area contributed by atoms with E-state index in [1.54, 1.807) is 24.3 Å². The molecule has 2 aromatic rings. The highest BCUT2D eigenvalue weighted by atomic mass is 32.2. The lowest BCUT2D eigenvalue weighted by Crippen LogP contribution is -2.22. The Morgan fingerprint density at radius 3 is 2.59 bits per heavy atom. The van der Waals surface area contributed by atoms with E-state index >= 15 is 0 Å². The zero-order valence-electron chi connectivity index (χ0n) is 12.4. The van der Waals surface area contributed by atoms with Crippen molar-refractivity contribution < 1.29 is 8.42 Å². The van der Waals surface area contributed by atoms with Gasteiger partial charge >= 0.3 is 0 Å². The van der Waals surface area contributed by atoms with E-state index in [2.05, 4.69) is 10.3 Å². The molecule has 3 rings (SSSR count). The van der Waals surface area contributed by atoms with Crippen LogP contribution in [0.5, 0.6) is 0 Å². The van der Waals surface area contributed by atoms with Gasteiger partial charge in [-0.2, -0.15) is 0 Å². The van der Waals surface area contributed by atoms with Crippen LogP contribution in [0.2, 0.25) is 0 Å². The first-order valence-electron chi connectivity index (χ1n) is 7.62. The number of nitrogens with one attached hydrogen (secondary N) is 1. The first-order chi connectivity index (χ1) is 10.6. The monoisotopic (exact) mass is 336 g/mol. The van der Waals surface area contributed by atoms with Crippen LogP contribution in [0.25, 0.3) is 0 Å². The molecule has 0 aliphatic heterocycles. The number of sulfone groups is 1. The number of hydrogen-bond donors (Lipinski definition) is 1. The smallest absolute Gasteiger partial charge is 0.184 e. The van der Waals surface area contributed by atoms with Gasteiger partial charge in [-0.1, -0.05) is 37.5 Å². The summed E-state index contributed by atoms with van der Waals surface area (Å²) >= 11 is 1.49. The molecule has 1 aromatic heterocycles. The van der Waals surface area contributed by atoms with Gasteiger partial charge in [-0.15, -0.1) is 11.3 Å². The van der Waals surface area contributed by atoms with Gasteiger partial charge in [-0.25, -0.2) is 13.4 Å². The summed E-state index contributed by atoms with van der Waals surface area (Å²) in [6, 6.07) is 9.03. The highest BCUT2D eigenvalue weighted by Crippen LogP contribution is 2.25. The number of benzene rings is 1. The number of rotatable bonds is 5. The highest BCUT2D eigenvalue weighted by molar-refractivity contribution is 7.90. The molecule has 0 atom stereocenters. The van der Waals surface area contributed by atoms with Crippen molar-refractivity contribution in [1.82, 2.24) is 4.98 Å². The predicted octanol–water partition coefficient (Wildman–Crippen LogP) is 3.86. The molecule has 0 saturated heterocycles. The molecule has 0 bridgehead atoms. The number of hydrogen-bond acceptors (Lipinski definition) is 5. The second kappa shape index (κ2) is 6.79. The Kier molecular flexibility index (Phi) is 4.78. The van der Waals surface area contributed by atoms with Gasteiger partial charge in [0.2, 0.25) is 0 Å². The Hall–Kier alpha value is -1.40. The standard InChI is InChI=1S/C16H20N2O2S2/c19-22(20,15-9-5-2-6-10-15)12-14-11-21-16(18-14)17-13-7-3-1-4-8-13/h2,5-6,9-11,13H,1,3-4,7-8,12H2,(H,17,18). The molecule has 0 radical (unpaired) electrons. The Morgan fingerprint density at radius 1 is 1.14 bits per heavy atom. The van der Waals surface area contributed by atoms with Crippen LogP contribution in [0.1, 0.15) is 37.8 Å². The minimum absolute atomic E-state index is 0.0418. The van der Waals surface area contributed by atoms with Crippen LogP contribution in [0.3, 0.4) is 0 Å². The number of anilines is 1. The van der Waals surface area contributed by atoms with E-state index in [9.17, 15) is 8.42 Å². The van der Waals surface area contributed by atoms with E-state index < -0.39 is 9.84 Å². The van der Waals surface area contributed by atoms with Gasteiger partial charge in [0, 0.05) is 11.4 Å². The van der Waals surface area contributed by atoms with Crippen LogP contribution in [0.4, 0.5) is 5.13 Å². The maximum Gasteiger partial charge on any atom is 0.184 e. The molecule has 0 unspecified atom stereocenters. The van der Waals surface area contributed by atoms with Crippen LogP contribution in [-0.4, -0.2) is 19.4 Å². The molecule has 1 aliphatic carbocycles. The zero-order chi connectivity index (χ0) is 15.4. The number of aromatic nitrogens is 1. The maximum atomic E-state index is 12.3. The Morgan fingerprint density at radius 2 is 1.86 bits per heavy atom. The van der Waals surface area contributed by atoms with Gasteiger partial charge in [0.15, 0.2) is 15.0 Å². The van der Waals surface area contributed by atoms with Crippen molar-refractivity contribution >= 4 is 26.3 Å². The third-order valence-electron chi connectivity index (χ3n) is 3.92. The Bertz CT molecular complexity index is 705. The normalized spacial score (nSPS) is 16.5. The molecule has 1 fully saturated rings. The summed E-state index contributed by atoms with van der Waals surface area (Å²) in [6.45, 7) is 0. The Balaban J connectivity index is 1.66. The lowest BCUT2D eigenvalue weighted by atomic mass is 9.96. The molecule has 118 valence electrons. The van der Waals surface area contributed by atoms with Crippen LogP contribution >= 0.6 is 11.3 Å². The predicted molar refractivity (Wildman–Crippen MR) is 89.9 cm³/mol. The summed E-state index contributed by atoms with van der Waals surface area (Å²) in [6.07, 6.45) is 6.20. The van der Waals surface area contributed by atoms with E-state index in [-0.39, 0.29) is 5.75 Å². The zero-order valence-corrected chi connectivity index (χ0v) is 14.0. The first kappa shape index (κ1) is 15.5. The second-order valence-corrected chi connectivity index (χ2v) is 8.54. The van der Waals surface area contributed by atoms with Gasteiger partial charge < -0.3 is 5.32 Å². The van der Waals surface area contributed by atoms with E-state index in [4.69, 9.17) is 0 Å². The lowest BCUT2D eigenvalue weighted by Gasteiger charge is -2.22. The van der Waals surface area contributed by atoms with Crippen LogP contribution in [-0.2, 0) is 15.6 Å². The fourth-order valence-corrected chi connectivity index (χ4v) is 4.94. The van der Waals surface area contributed by atoms with Crippen molar-refractivity contribution in [2.45, 2.75) is 48.8 Å². The summed E-state index contributed by atoms with van der Waals surface area (Å²) in [5.41, 5.74) is 0.618. The molecule has 1 aliphatic rings. The lowest BCUT2D eigenvalue weighted by molar-refractivity contribution is 0.462. The average Bonchev–Trinajstić information content (AvgIpc) is 2.95. The summed E-state index contributed by atoms with van der Waals surface area (Å²) < 4.78 is 24.7. The summed E-state index contributed by atoms with van der Waals surface area (Å²) in [4.78, 5) is 4.79. The Labute approximate surface area is 135 Å². The summed E-state index contributed by atoms with van der Waals surface area (Å²) in [5.74, 6) is -0.0418. The van der Waals surface area contributed by atoms with Crippen LogP contribution < -0.4 is 5.32 Å². The maximum absolute atomic E-state index is 12.3. The van der Waals surface area contributed by atoms with Crippen molar-refractivity contribution in [2.75, 3.05) is 5.32 Å². The third-order valence-corrected chi connectivity index (χ3v) is 6.41. The molecule has 0 spiro atoms. The minimum Gasteiger partial charge on any atom is -0.359 e. The number of thiazole rings is 1. The fourth-order valence-electron chi connectivity index (χ4n) is 2.77. The van der Waals surface area contributed by atoms with Crippen LogP contribution in [0, 0.1) is 0 Å². The molecular formula is C16H20N2O2S2. The number of nitrogens with zero attached hydrogens (tertiary/aromatic N) is 1. The molecule has 1 heterocycles. The molecule has 1 aromatic carbocycles. The molecule has 1 saturated carbocycles. The highest BCUT2D eigenvalue weighted by Gasteiger charge is 2.18. The quantitative estimate of drug-likeness (QED) is 0.900. The fraction of sp³-hybridized carbons (Fsp3) is 0.438. The van der Waals surface area contributed by atoms with Gasteiger partial charge in [0.25, 0.3) is 0 Å². The van der Waals surface area contributed by atoms with Crippen molar-refractivity contribution in [3.05, 3.63) is 41.4 Å². The van der Waals surface area contributed by atoms with Crippen molar-refractivity contribution in [1.29, 1.82) is 0 Å². The van der Waals surface area contributed by atoms with Gasteiger partial charge in [-0.3, -0.25) is 0 Å². The van der Waals surface area contributed by atoms with Gasteiger partial charge in [0.05, 0.1) is 16.3 Å². The minimum atomic E-state index is -3.32. The molecule has 4 nitrogen and oxygen atoms in total. The summed E-state index contributed by atoms with van der Waals surface area (Å²) in [7, 11) is -3.32. The molecule has 0 amide bonds. The van der Waals surface area contributed by atoms with E-state index in [1.807, 2.05) is 11.4 Å². The first-order valence-corrected chi connectivity index (χ1v) is 10.2. The average molecular weight is 336 g/mol. The molecule has 1 N–H and O–H groups in total. The van der Waals surface area contributed by atoms with Crippen molar-refractivity contribution in [2.24, 2.45) is 0 Å². The summed E-state index contributed by atoms with van der Waals surface area (Å²) in [5, 5.41) is 6.12. The van der Waals surface area contributed by atoms with Crippen LogP contribution in [0.15, 0.2) is 40.6 Å². The van der Waals surface area contributed by atoms with Crippen molar-refractivity contribution in [3.63, 3.8) is 0 Å². The second-order valence-electron chi connectivity index (χ2n) is 5.70. The van der Waals surface area contributed by atoms with E-state index in [0.717, 1.165) is 5.13 Å². The topological polar surface area (TPSA) is 59.1 Å². The van der Waals surface area contributed by atoms with Crippen molar-refractivity contribution in [3.8, 4) is 0 Å². The molecular weight excluding hydrogens is 316 g/mol.